The number of carboxylic acids is 1. The third-order valence-corrected chi connectivity index (χ3v) is 4.09. The van der Waals surface area contributed by atoms with E-state index in [0.29, 0.717) is 11.1 Å². The van der Waals surface area contributed by atoms with Gasteiger partial charge in [-0.2, -0.15) is 0 Å². The fraction of sp³-hybridized carbons (Fsp3) is 0. The van der Waals surface area contributed by atoms with E-state index in [1.807, 2.05) is 0 Å². The number of halogens is 2. The molecule has 0 unspecified atom stereocenters. The molecule has 0 atom stereocenters. The highest BCUT2D eigenvalue weighted by Crippen LogP contribution is 2.31. The van der Waals surface area contributed by atoms with Crippen LogP contribution in [0.25, 0.3) is 11.1 Å². The molecular formula is C20H13ClFNO3. The van der Waals surface area contributed by atoms with Gasteiger partial charge in [0.1, 0.15) is 5.82 Å². The Kier molecular flexibility index (Phi) is 5.00. The van der Waals surface area contributed by atoms with Crippen LogP contribution in [0, 0.1) is 5.82 Å². The average molecular weight is 370 g/mol. The van der Waals surface area contributed by atoms with E-state index < -0.39 is 17.7 Å². The summed E-state index contributed by atoms with van der Waals surface area (Å²) >= 11 is 5.81. The lowest BCUT2D eigenvalue weighted by molar-refractivity contribution is 0.0698. The second-order valence-corrected chi connectivity index (χ2v) is 5.89. The normalized spacial score (nSPS) is 10.4. The Hall–Kier alpha value is -3.18. The predicted octanol–water partition coefficient (Wildman–Crippen LogP) is 5.10. The Morgan fingerprint density at radius 3 is 2.38 bits per heavy atom. The van der Waals surface area contributed by atoms with Crippen LogP contribution < -0.4 is 5.32 Å². The van der Waals surface area contributed by atoms with Crippen molar-refractivity contribution in [2.24, 2.45) is 0 Å². The van der Waals surface area contributed by atoms with E-state index in [2.05, 4.69) is 5.32 Å². The molecule has 0 aliphatic heterocycles. The minimum Gasteiger partial charge on any atom is -0.478 e. The van der Waals surface area contributed by atoms with Gasteiger partial charge in [-0.1, -0.05) is 48.0 Å². The highest BCUT2D eigenvalue weighted by Gasteiger charge is 2.16. The van der Waals surface area contributed by atoms with E-state index in [-0.39, 0.29) is 21.8 Å². The maximum absolute atomic E-state index is 14.3. The summed E-state index contributed by atoms with van der Waals surface area (Å²) in [7, 11) is 0. The van der Waals surface area contributed by atoms with Crippen molar-refractivity contribution in [3.8, 4) is 11.1 Å². The number of benzene rings is 3. The van der Waals surface area contributed by atoms with Crippen LogP contribution in [0.3, 0.4) is 0 Å². The van der Waals surface area contributed by atoms with Crippen LogP contribution in [-0.2, 0) is 0 Å². The zero-order chi connectivity index (χ0) is 18.7. The number of amides is 1. The Labute approximate surface area is 153 Å². The standard InChI is InChI=1S/C20H13ClFNO3/c21-16-8-4-7-14(18(16)22)13-9-10-15(20(25)26)17(11-13)23-19(24)12-5-2-1-3-6-12/h1-11H,(H,23,24)(H,25,26). The number of hydrogen-bond acceptors (Lipinski definition) is 2. The van der Waals surface area contributed by atoms with Gasteiger partial charge in [-0.15, -0.1) is 0 Å². The van der Waals surface area contributed by atoms with Crippen LogP contribution in [0.4, 0.5) is 10.1 Å². The van der Waals surface area contributed by atoms with Gasteiger partial charge in [-0.25, -0.2) is 9.18 Å². The highest BCUT2D eigenvalue weighted by atomic mass is 35.5. The zero-order valence-electron chi connectivity index (χ0n) is 13.4. The fourth-order valence-electron chi connectivity index (χ4n) is 2.51. The van der Waals surface area contributed by atoms with Gasteiger partial charge in [0.25, 0.3) is 5.91 Å². The van der Waals surface area contributed by atoms with Crippen LogP contribution in [0.2, 0.25) is 5.02 Å². The van der Waals surface area contributed by atoms with E-state index in [4.69, 9.17) is 11.6 Å². The first-order valence-electron chi connectivity index (χ1n) is 7.65. The Balaban J connectivity index is 2.04. The van der Waals surface area contributed by atoms with Gasteiger partial charge in [0.15, 0.2) is 0 Å². The minimum atomic E-state index is -1.20. The highest BCUT2D eigenvalue weighted by molar-refractivity contribution is 6.31. The van der Waals surface area contributed by atoms with Crippen molar-refractivity contribution in [3.05, 3.63) is 88.7 Å². The van der Waals surface area contributed by atoms with Gasteiger partial charge >= 0.3 is 5.97 Å². The molecule has 0 saturated carbocycles. The number of carbonyl (C=O) groups is 2. The summed E-state index contributed by atoms with van der Waals surface area (Å²) in [6.07, 6.45) is 0. The van der Waals surface area contributed by atoms with Gasteiger partial charge in [-0.3, -0.25) is 4.79 Å². The molecule has 0 heterocycles. The van der Waals surface area contributed by atoms with E-state index in [9.17, 15) is 19.1 Å². The van der Waals surface area contributed by atoms with E-state index in [0.717, 1.165) is 0 Å². The van der Waals surface area contributed by atoms with Crippen molar-refractivity contribution in [1.29, 1.82) is 0 Å². The van der Waals surface area contributed by atoms with Crippen molar-refractivity contribution in [2.45, 2.75) is 0 Å². The van der Waals surface area contributed by atoms with E-state index in [1.54, 1.807) is 36.4 Å². The van der Waals surface area contributed by atoms with Crippen molar-refractivity contribution < 1.29 is 19.1 Å². The van der Waals surface area contributed by atoms with Gasteiger partial charge in [0, 0.05) is 11.1 Å². The zero-order valence-corrected chi connectivity index (χ0v) is 14.1. The summed E-state index contributed by atoms with van der Waals surface area (Å²) < 4.78 is 14.3. The molecule has 26 heavy (non-hydrogen) atoms. The molecular weight excluding hydrogens is 357 g/mol. The predicted molar refractivity (Wildman–Crippen MR) is 98.2 cm³/mol. The van der Waals surface area contributed by atoms with Crippen molar-refractivity contribution in [2.75, 3.05) is 5.32 Å². The molecule has 0 radical (unpaired) electrons. The fourth-order valence-corrected chi connectivity index (χ4v) is 2.69. The molecule has 0 bridgehead atoms. The average Bonchev–Trinajstić information content (AvgIpc) is 2.64. The molecule has 0 aromatic heterocycles. The van der Waals surface area contributed by atoms with Gasteiger partial charge in [0.05, 0.1) is 16.3 Å². The van der Waals surface area contributed by atoms with Crippen molar-refractivity contribution in [1.82, 2.24) is 0 Å². The Morgan fingerprint density at radius 2 is 1.69 bits per heavy atom. The van der Waals surface area contributed by atoms with E-state index >= 15 is 0 Å². The molecule has 0 spiro atoms. The first-order chi connectivity index (χ1) is 12.5. The molecule has 0 aliphatic rings. The quantitative estimate of drug-likeness (QED) is 0.672. The molecule has 3 rings (SSSR count). The number of anilines is 1. The molecule has 0 saturated heterocycles. The summed E-state index contributed by atoms with van der Waals surface area (Å²) in [5.41, 5.74) is 0.967. The summed E-state index contributed by atoms with van der Waals surface area (Å²) in [6, 6.07) is 17.1. The molecule has 0 fully saturated rings. The Bertz CT molecular complexity index is 990. The SMILES string of the molecule is O=C(Nc1cc(-c2cccc(Cl)c2F)ccc1C(=O)O)c1ccccc1. The first kappa shape index (κ1) is 17.6. The third kappa shape index (κ3) is 3.58. The maximum atomic E-state index is 14.3. The maximum Gasteiger partial charge on any atom is 0.337 e. The summed E-state index contributed by atoms with van der Waals surface area (Å²) in [4.78, 5) is 23.8. The molecule has 1 amide bonds. The largest absolute Gasteiger partial charge is 0.478 e. The first-order valence-corrected chi connectivity index (χ1v) is 8.03. The van der Waals surface area contributed by atoms with Crippen LogP contribution in [0.15, 0.2) is 66.7 Å². The number of aromatic carboxylic acids is 1. The van der Waals surface area contributed by atoms with Gasteiger partial charge in [-0.05, 0) is 35.9 Å². The lowest BCUT2D eigenvalue weighted by atomic mass is 10.0. The number of rotatable bonds is 4. The monoisotopic (exact) mass is 369 g/mol. The minimum absolute atomic E-state index is 0.0420. The van der Waals surface area contributed by atoms with Crippen molar-refractivity contribution >= 4 is 29.2 Å². The van der Waals surface area contributed by atoms with Crippen LogP contribution in [0.1, 0.15) is 20.7 Å². The van der Waals surface area contributed by atoms with Gasteiger partial charge in [0.2, 0.25) is 0 Å². The van der Waals surface area contributed by atoms with Gasteiger partial charge < -0.3 is 10.4 Å². The van der Waals surface area contributed by atoms with E-state index in [1.165, 1.54) is 30.3 Å². The summed E-state index contributed by atoms with van der Waals surface area (Å²) in [5.74, 6) is -2.28. The second kappa shape index (κ2) is 7.37. The molecule has 4 nitrogen and oxygen atoms in total. The lowest BCUT2D eigenvalue weighted by Gasteiger charge is -2.12. The molecule has 6 heteroatoms. The molecule has 2 N–H and O–H groups in total. The lowest BCUT2D eigenvalue weighted by Crippen LogP contribution is -2.14. The topological polar surface area (TPSA) is 66.4 Å². The third-order valence-electron chi connectivity index (χ3n) is 3.80. The number of carbonyl (C=O) groups excluding carboxylic acids is 1. The molecule has 3 aromatic carbocycles. The second-order valence-electron chi connectivity index (χ2n) is 5.49. The smallest absolute Gasteiger partial charge is 0.337 e. The van der Waals surface area contributed by atoms with Crippen LogP contribution in [0.5, 0.6) is 0 Å². The van der Waals surface area contributed by atoms with Crippen molar-refractivity contribution in [3.63, 3.8) is 0 Å². The summed E-state index contributed by atoms with van der Waals surface area (Å²) in [5, 5.41) is 11.9. The Morgan fingerprint density at radius 1 is 0.962 bits per heavy atom. The number of carboxylic acid groups (broad SMARTS) is 1. The summed E-state index contributed by atoms with van der Waals surface area (Å²) in [6.45, 7) is 0. The van der Waals surface area contributed by atoms with Crippen LogP contribution >= 0.6 is 11.6 Å². The molecule has 130 valence electrons. The molecule has 3 aromatic rings. The number of nitrogens with one attached hydrogen (secondary N) is 1. The number of hydrogen-bond donors (Lipinski definition) is 2. The molecule has 0 aliphatic carbocycles. The van der Waals surface area contributed by atoms with Crippen LogP contribution in [-0.4, -0.2) is 17.0 Å².